The molecular weight excluding hydrogens is 300 g/mol. The molecule has 1 aromatic rings. The topological polar surface area (TPSA) is 125 Å². The van der Waals surface area contributed by atoms with Crippen LogP contribution < -0.4 is 16.4 Å². The van der Waals surface area contributed by atoms with Crippen LogP contribution in [-0.4, -0.2) is 53.6 Å². The Bertz CT molecular complexity index is 580. The van der Waals surface area contributed by atoms with Crippen LogP contribution in [0.2, 0.25) is 0 Å². The first-order chi connectivity index (χ1) is 10.9. The lowest BCUT2D eigenvalue weighted by molar-refractivity contribution is -0.117. The van der Waals surface area contributed by atoms with Crippen LogP contribution in [0.25, 0.3) is 0 Å². The number of nitrogens with two attached hydrogens (primary N) is 1. The van der Waals surface area contributed by atoms with Crippen molar-refractivity contribution in [2.45, 2.75) is 18.9 Å². The van der Waals surface area contributed by atoms with Gasteiger partial charge in [-0.25, -0.2) is 4.79 Å². The Kier molecular flexibility index (Phi) is 5.53. The first-order valence-corrected chi connectivity index (χ1v) is 7.35. The van der Waals surface area contributed by atoms with Crippen LogP contribution in [0.4, 0.5) is 10.5 Å². The molecule has 0 radical (unpaired) electrons. The molecule has 8 heteroatoms. The van der Waals surface area contributed by atoms with Crippen molar-refractivity contribution in [3.63, 3.8) is 0 Å². The maximum Gasteiger partial charge on any atom is 0.404 e. The zero-order valence-electron chi connectivity index (χ0n) is 12.6. The van der Waals surface area contributed by atoms with Gasteiger partial charge in [-0.3, -0.25) is 14.5 Å². The number of primary amides is 1. The second-order valence-electron chi connectivity index (χ2n) is 5.49. The minimum absolute atomic E-state index is 0.0480. The highest BCUT2D eigenvalue weighted by atomic mass is 16.4. The van der Waals surface area contributed by atoms with Crippen LogP contribution in [-0.2, 0) is 4.79 Å². The molecule has 1 saturated heterocycles. The predicted molar refractivity (Wildman–Crippen MR) is 84.2 cm³/mol. The van der Waals surface area contributed by atoms with Crippen LogP contribution in [0.1, 0.15) is 23.2 Å². The average Bonchev–Trinajstić information content (AvgIpc) is 2.49. The second-order valence-corrected chi connectivity index (χ2v) is 5.49. The average molecular weight is 320 g/mol. The lowest BCUT2D eigenvalue weighted by Gasteiger charge is -2.31. The molecule has 23 heavy (non-hydrogen) atoms. The molecule has 2 rings (SSSR count). The van der Waals surface area contributed by atoms with E-state index in [4.69, 9.17) is 10.8 Å². The molecule has 0 saturated carbocycles. The molecule has 1 fully saturated rings. The number of nitrogens with one attached hydrogen (secondary N) is 2. The summed E-state index contributed by atoms with van der Waals surface area (Å²) in [5.74, 6) is -0.665. The van der Waals surface area contributed by atoms with E-state index < -0.39 is 12.0 Å². The van der Waals surface area contributed by atoms with Crippen molar-refractivity contribution in [3.8, 4) is 0 Å². The fourth-order valence-electron chi connectivity index (χ4n) is 2.53. The highest BCUT2D eigenvalue weighted by Gasteiger charge is 2.21. The van der Waals surface area contributed by atoms with Crippen LogP contribution >= 0.6 is 0 Å². The Labute approximate surface area is 133 Å². The third-order valence-corrected chi connectivity index (χ3v) is 3.74. The van der Waals surface area contributed by atoms with E-state index in [0.717, 1.165) is 0 Å². The Morgan fingerprint density at radius 3 is 2.30 bits per heavy atom. The lowest BCUT2D eigenvalue weighted by Crippen LogP contribution is -2.46. The van der Waals surface area contributed by atoms with Gasteiger partial charge in [-0.05, 0) is 37.1 Å². The summed E-state index contributed by atoms with van der Waals surface area (Å²) in [7, 11) is 0. The SMILES string of the molecule is NC(=O)c1ccc(NC(=O)CN2CCC(NC(=O)O)CC2)cc1. The molecule has 0 atom stereocenters. The molecule has 8 nitrogen and oxygen atoms in total. The number of hydrogen-bond donors (Lipinski definition) is 4. The van der Waals surface area contributed by atoms with E-state index in [1.165, 1.54) is 0 Å². The number of carbonyl (C=O) groups excluding carboxylic acids is 2. The van der Waals surface area contributed by atoms with Crippen molar-refractivity contribution in [2.75, 3.05) is 25.0 Å². The quantitative estimate of drug-likeness (QED) is 0.627. The number of piperidine rings is 1. The summed E-state index contributed by atoms with van der Waals surface area (Å²) in [5, 5.41) is 13.9. The molecule has 0 aromatic heterocycles. The van der Waals surface area contributed by atoms with Gasteiger partial charge in [-0.15, -0.1) is 0 Å². The molecule has 1 aliphatic rings. The predicted octanol–water partition coefficient (Wildman–Crippen LogP) is 0.456. The Hall–Kier alpha value is -2.61. The number of nitrogens with zero attached hydrogens (tertiary/aromatic N) is 1. The summed E-state index contributed by atoms with van der Waals surface area (Å²) < 4.78 is 0. The molecule has 1 heterocycles. The van der Waals surface area contributed by atoms with E-state index >= 15 is 0 Å². The van der Waals surface area contributed by atoms with Crippen molar-refractivity contribution >= 4 is 23.6 Å². The highest BCUT2D eigenvalue weighted by molar-refractivity contribution is 5.95. The van der Waals surface area contributed by atoms with Gasteiger partial charge in [-0.2, -0.15) is 0 Å². The van der Waals surface area contributed by atoms with Crippen molar-refractivity contribution < 1.29 is 19.5 Å². The molecule has 1 aromatic carbocycles. The Balaban J connectivity index is 1.77. The zero-order valence-corrected chi connectivity index (χ0v) is 12.6. The van der Waals surface area contributed by atoms with Crippen molar-refractivity contribution in [2.24, 2.45) is 5.73 Å². The number of likely N-dealkylation sites (tertiary alicyclic amines) is 1. The maximum absolute atomic E-state index is 12.0. The van der Waals surface area contributed by atoms with Crippen LogP contribution in [0.5, 0.6) is 0 Å². The standard InChI is InChI=1S/C15H20N4O4/c16-14(21)10-1-3-11(4-2-10)17-13(20)9-19-7-5-12(6-8-19)18-15(22)23/h1-4,12,18H,5-9H2,(H2,16,21)(H,17,20)(H,22,23). The molecule has 0 unspecified atom stereocenters. The van der Waals surface area contributed by atoms with Gasteiger partial charge in [0.2, 0.25) is 11.8 Å². The summed E-state index contributed by atoms with van der Waals surface area (Å²) in [6, 6.07) is 6.32. The summed E-state index contributed by atoms with van der Waals surface area (Å²) in [5.41, 5.74) is 6.14. The van der Waals surface area contributed by atoms with Gasteiger partial charge in [0, 0.05) is 30.4 Å². The molecular formula is C15H20N4O4. The van der Waals surface area contributed by atoms with Gasteiger partial charge in [-0.1, -0.05) is 0 Å². The van der Waals surface area contributed by atoms with E-state index in [0.29, 0.717) is 37.2 Å². The molecule has 0 bridgehead atoms. The van der Waals surface area contributed by atoms with Crippen LogP contribution in [0.15, 0.2) is 24.3 Å². The number of rotatable bonds is 5. The summed E-state index contributed by atoms with van der Waals surface area (Å²) >= 11 is 0. The van der Waals surface area contributed by atoms with Crippen LogP contribution in [0, 0.1) is 0 Å². The first kappa shape index (κ1) is 16.8. The third-order valence-electron chi connectivity index (χ3n) is 3.74. The van der Waals surface area contributed by atoms with Gasteiger partial charge in [0.1, 0.15) is 0 Å². The first-order valence-electron chi connectivity index (χ1n) is 7.35. The minimum atomic E-state index is -1.01. The number of carboxylic acid groups (broad SMARTS) is 1. The molecule has 5 N–H and O–H groups in total. The number of benzene rings is 1. The van der Waals surface area contributed by atoms with E-state index in [1.54, 1.807) is 24.3 Å². The van der Waals surface area contributed by atoms with Gasteiger partial charge in [0.15, 0.2) is 0 Å². The van der Waals surface area contributed by atoms with E-state index in [2.05, 4.69) is 10.6 Å². The molecule has 3 amide bonds. The number of carbonyl (C=O) groups is 3. The Morgan fingerprint density at radius 1 is 1.17 bits per heavy atom. The van der Waals surface area contributed by atoms with Crippen molar-refractivity contribution in [3.05, 3.63) is 29.8 Å². The fourth-order valence-corrected chi connectivity index (χ4v) is 2.53. The highest BCUT2D eigenvalue weighted by Crippen LogP contribution is 2.12. The van der Waals surface area contributed by atoms with Gasteiger partial charge in [0.05, 0.1) is 6.54 Å². The second kappa shape index (κ2) is 7.59. The molecule has 0 spiro atoms. The largest absolute Gasteiger partial charge is 0.465 e. The zero-order chi connectivity index (χ0) is 16.8. The lowest BCUT2D eigenvalue weighted by atomic mass is 10.1. The number of hydrogen-bond acceptors (Lipinski definition) is 4. The maximum atomic E-state index is 12.0. The third kappa shape index (κ3) is 5.26. The monoisotopic (exact) mass is 320 g/mol. The van der Waals surface area contributed by atoms with E-state index in [1.807, 2.05) is 4.90 Å². The van der Waals surface area contributed by atoms with E-state index in [-0.39, 0.29) is 18.5 Å². The number of amides is 3. The normalized spacial score (nSPS) is 15.8. The molecule has 1 aliphatic heterocycles. The molecule has 0 aliphatic carbocycles. The number of anilines is 1. The van der Waals surface area contributed by atoms with Crippen molar-refractivity contribution in [1.29, 1.82) is 0 Å². The van der Waals surface area contributed by atoms with Crippen molar-refractivity contribution in [1.82, 2.24) is 10.2 Å². The smallest absolute Gasteiger partial charge is 0.404 e. The van der Waals surface area contributed by atoms with Gasteiger partial charge < -0.3 is 21.5 Å². The Morgan fingerprint density at radius 2 is 1.78 bits per heavy atom. The molecule has 124 valence electrons. The van der Waals surface area contributed by atoms with Crippen LogP contribution in [0.3, 0.4) is 0 Å². The van der Waals surface area contributed by atoms with Gasteiger partial charge in [0.25, 0.3) is 0 Å². The fraction of sp³-hybridized carbons (Fsp3) is 0.400. The summed E-state index contributed by atoms with van der Waals surface area (Å²) in [6.07, 6.45) is 0.361. The van der Waals surface area contributed by atoms with E-state index in [9.17, 15) is 14.4 Å². The minimum Gasteiger partial charge on any atom is -0.465 e. The summed E-state index contributed by atoms with van der Waals surface area (Å²) in [6.45, 7) is 1.58. The summed E-state index contributed by atoms with van der Waals surface area (Å²) in [4.78, 5) is 35.5. The van der Waals surface area contributed by atoms with Gasteiger partial charge >= 0.3 is 6.09 Å².